The fourth-order valence-electron chi connectivity index (χ4n) is 2.54. The fraction of sp³-hybridized carbons (Fsp3) is 0.312. The van der Waals surface area contributed by atoms with Crippen LogP contribution in [-0.2, 0) is 0 Å². The highest BCUT2D eigenvalue weighted by atomic mass is 35.5. The van der Waals surface area contributed by atoms with E-state index in [9.17, 15) is 0 Å². The van der Waals surface area contributed by atoms with Crippen LogP contribution in [0, 0.1) is 6.92 Å². The summed E-state index contributed by atoms with van der Waals surface area (Å²) in [6.07, 6.45) is 5.62. The van der Waals surface area contributed by atoms with E-state index < -0.39 is 0 Å². The van der Waals surface area contributed by atoms with Crippen molar-refractivity contribution < 1.29 is 0 Å². The number of hydrogen-bond donors (Lipinski definition) is 0. The van der Waals surface area contributed by atoms with Crippen molar-refractivity contribution in [3.63, 3.8) is 0 Å². The predicted molar refractivity (Wildman–Crippen MR) is 77.9 cm³/mol. The van der Waals surface area contributed by atoms with Gasteiger partial charge in [0, 0.05) is 11.1 Å². The maximum atomic E-state index is 6.21. The van der Waals surface area contributed by atoms with Crippen LogP contribution in [0.15, 0.2) is 36.4 Å². The minimum absolute atomic E-state index is 0.195. The van der Waals surface area contributed by atoms with Gasteiger partial charge in [0.15, 0.2) is 0 Å². The van der Waals surface area contributed by atoms with E-state index in [1.165, 1.54) is 22.9 Å². The molecule has 1 aliphatic carbocycles. The van der Waals surface area contributed by atoms with Crippen LogP contribution in [0.4, 0.5) is 0 Å². The van der Waals surface area contributed by atoms with Crippen molar-refractivity contribution in [1.29, 1.82) is 0 Å². The first-order chi connectivity index (χ1) is 8.72. The minimum Gasteiger partial charge on any atom is -0.253 e. The zero-order chi connectivity index (χ0) is 12.5. The number of halogens is 1. The van der Waals surface area contributed by atoms with Gasteiger partial charge in [-0.25, -0.2) is 0 Å². The average Bonchev–Trinajstić information content (AvgIpc) is 2.38. The molecule has 0 saturated carbocycles. The van der Waals surface area contributed by atoms with Gasteiger partial charge in [0.1, 0.15) is 0 Å². The summed E-state index contributed by atoms with van der Waals surface area (Å²) in [4.78, 5) is 4.53. The summed E-state index contributed by atoms with van der Waals surface area (Å²) >= 11 is 6.21. The average molecular weight is 258 g/mol. The molecule has 0 N–H and O–H groups in total. The number of nitrogens with zero attached hydrogens (tertiary/aromatic N) is 1. The lowest BCUT2D eigenvalue weighted by Gasteiger charge is -2.17. The summed E-state index contributed by atoms with van der Waals surface area (Å²) in [5, 5.41) is 1.40. The Hall–Kier alpha value is -1.34. The Balaban J connectivity index is 2.05. The van der Waals surface area contributed by atoms with Gasteiger partial charge >= 0.3 is 0 Å². The van der Waals surface area contributed by atoms with Crippen LogP contribution in [-0.4, -0.2) is 10.4 Å². The number of hydrogen-bond acceptors (Lipinski definition) is 1. The van der Waals surface area contributed by atoms with Gasteiger partial charge in [-0.2, -0.15) is 0 Å². The highest BCUT2D eigenvalue weighted by molar-refractivity contribution is 6.22. The van der Waals surface area contributed by atoms with Gasteiger partial charge in [0.25, 0.3) is 0 Å². The molecule has 3 rings (SSSR count). The quantitative estimate of drug-likeness (QED) is 0.674. The van der Waals surface area contributed by atoms with Crippen molar-refractivity contribution >= 4 is 28.1 Å². The molecule has 18 heavy (non-hydrogen) atoms. The number of aryl methyl sites for hydroxylation is 1. The fourth-order valence-corrected chi connectivity index (χ4v) is 2.85. The van der Waals surface area contributed by atoms with Crippen LogP contribution in [0.25, 0.3) is 16.5 Å². The largest absolute Gasteiger partial charge is 0.253 e. The third-order valence-electron chi connectivity index (χ3n) is 3.51. The molecule has 2 heteroatoms. The van der Waals surface area contributed by atoms with E-state index in [1.54, 1.807) is 0 Å². The second-order valence-corrected chi connectivity index (χ2v) is 5.52. The van der Waals surface area contributed by atoms with Crippen LogP contribution in [0.5, 0.6) is 0 Å². The first-order valence-electron chi connectivity index (χ1n) is 6.45. The van der Waals surface area contributed by atoms with E-state index in [2.05, 4.69) is 41.4 Å². The van der Waals surface area contributed by atoms with Gasteiger partial charge in [-0.15, -0.1) is 11.6 Å². The summed E-state index contributed by atoms with van der Waals surface area (Å²) in [6.45, 7) is 2.02. The zero-order valence-corrected chi connectivity index (χ0v) is 11.2. The lowest BCUT2D eigenvalue weighted by molar-refractivity contribution is 0.747. The maximum Gasteiger partial charge on any atom is 0.0705 e. The van der Waals surface area contributed by atoms with E-state index in [0.29, 0.717) is 0 Å². The molecule has 1 atom stereocenters. The second kappa shape index (κ2) is 4.74. The van der Waals surface area contributed by atoms with Crippen LogP contribution >= 0.6 is 11.6 Å². The Morgan fingerprint density at radius 2 is 2.11 bits per heavy atom. The van der Waals surface area contributed by atoms with Crippen molar-refractivity contribution in [2.45, 2.75) is 31.6 Å². The molecule has 0 bridgehead atoms. The molecule has 0 saturated heterocycles. The molecular weight excluding hydrogens is 242 g/mol. The normalized spacial score (nSPS) is 19.9. The Bertz CT molecular complexity index is 616. The molecule has 1 aromatic carbocycles. The predicted octanol–water partition coefficient (Wildman–Crippen LogP) is 4.72. The highest BCUT2D eigenvalue weighted by Gasteiger charge is 2.12. The molecule has 0 spiro atoms. The molecule has 1 unspecified atom stereocenters. The van der Waals surface area contributed by atoms with E-state index >= 15 is 0 Å². The summed E-state index contributed by atoms with van der Waals surface area (Å²) in [6, 6.07) is 10.7. The molecule has 1 heterocycles. The van der Waals surface area contributed by atoms with Gasteiger partial charge in [0.2, 0.25) is 0 Å². The van der Waals surface area contributed by atoms with Crippen molar-refractivity contribution in [3.05, 3.63) is 47.7 Å². The van der Waals surface area contributed by atoms with Crippen LogP contribution in [0.2, 0.25) is 0 Å². The standard InChI is InChI=1S/C16H16ClN/c1-11-5-6-14-9-13(7-8-16(14)18-11)12-3-2-4-15(17)10-12/h5-10,15H,2-4H2,1H3. The molecule has 1 nitrogen and oxygen atoms in total. The van der Waals surface area contributed by atoms with Gasteiger partial charge in [-0.3, -0.25) is 4.98 Å². The zero-order valence-electron chi connectivity index (χ0n) is 10.5. The van der Waals surface area contributed by atoms with Crippen molar-refractivity contribution in [3.8, 4) is 0 Å². The van der Waals surface area contributed by atoms with E-state index in [0.717, 1.165) is 24.1 Å². The molecule has 0 radical (unpaired) electrons. The number of alkyl halides is 1. The van der Waals surface area contributed by atoms with E-state index in [1.807, 2.05) is 6.92 Å². The SMILES string of the molecule is Cc1ccc2cc(C3=CC(Cl)CCC3)ccc2n1. The van der Waals surface area contributed by atoms with Crippen molar-refractivity contribution in [2.75, 3.05) is 0 Å². The third kappa shape index (κ3) is 2.28. The summed E-state index contributed by atoms with van der Waals surface area (Å²) < 4.78 is 0. The monoisotopic (exact) mass is 257 g/mol. The first-order valence-corrected chi connectivity index (χ1v) is 6.88. The Morgan fingerprint density at radius 1 is 1.22 bits per heavy atom. The minimum atomic E-state index is 0.195. The molecule has 0 aliphatic heterocycles. The Labute approximate surface area is 112 Å². The molecule has 0 amide bonds. The molecule has 2 aromatic rings. The second-order valence-electron chi connectivity index (χ2n) is 4.96. The first kappa shape index (κ1) is 11.7. The molecular formula is C16H16ClN. The van der Waals surface area contributed by atoms with Gasteiger partial charge in [-0.05, 0) is 55.5 Å². The van der Waals surface area contributed by atoms with Crippen LogP contribution in [0.1, 0.15) is 30.5 Å². The summed E-state index contributed by atoms with van der Waals surface area (Å²) in [5.74, 6) is 0. The van der Waals surface area contributed by atoms with Crippen molar-refractivity contribution in [1.82, 2.24) is 4.98 Å². The highest BCUT2D eigenvalue weighted by Crippen LogP contribution is 2.30. The number of fused-ring (bicyclic) bond motifs is 1. The smallest absolute Gasteiger partial charge is 0.0705 e. The Morgan fingerprint density at radius 3 is 2.94 bits per heavy atom. The van der Waals surface area contributed by atoms with Crippen molar-refractivity contribution in [2.24, 2.45) is 0 Å². The topological polar surface area (TPSA) is 12.9 Å². The summed E-state index contributed by atoms with van der Waals surface area (Å²) in [5.41, 5.74) is 4.80. The lowest BCUT2D eigenvalue weighted by atomic mass is 9.93. The molecule has 0 fully saturated rings. The molecule has 1 aliphatic rings. The number of benzene rings is 1. The van der Waals surface area contributed by atoms with E-state index in [4.69, 9.17) is 11.6 Å². The number of pyridine rings is 1. The maximum absolute atomic E-state index is 6.21. The van der Waals surface area contributed by atoms with Crippen LogP contribution in [0.3, 0.4) is 0 Å². The third-order valence-corrected chi connectivity index (χ3v) is 3.85. The number of allylic oxidation sites excluding steroid dienone is 2. The van der Waals surface area contributed by atoms with Gasteiger partial charge < -0.3 is 0 Å². The Kier molecular flexibility index (Phi) is 3.09. The van der Waals surface area contributed by atoms with Gasteiger partial charge in [-0.1, -0.05) is 18.2 Å². The lowest BCUT2D eigenvalue weighted by Crippen LogP contribution is -2.02. The summed E-state index contributed by atoms with van der Waals surface area (Å²) in [7, 11) is 0. The molecule has 92 valence electrons. The van der Waals surface area contributed by atoms with E-state index in [-0.39, 0.29) is 5.38 Å². The molecule has 1 aromatic heterocycles. The van der Waals surface area contributed by atoms with Gasteiger partial charge in [0.05, 0.1) is 10.9 Å². The number of aromatic nitrogens is 1. The number of rotatable bonds is 1. The van der Waals surface area contributed by atoms with Crippen LogP contribution < -0.4 is 0 Å².